The van der Waals surface area contributed by atoms with Crippen LogP contribution in [-0.2, 0) is 19.1 Å². The molecule has 25 heavy (non-hydrogen) atoms. The maximum atomic E-state index is 11.8. The molecule has 0 fully saturated rings. The van der Waals surface area contributed by atoms with E-state index < -0.39 is 16.9 Å². The second-order valence-electron chi connectivity index (χ2n) is 4.57. The minimum atomic E-state index is -0.815. The number of thiazole rings is 1. The number of nitrogens with one attached hydrogen (secondary N) is 1. The third-order valence-electron chi connectivity index (χ3n) is 2.91. The van der Waals surface area contributed by atoms with Crippen LogP contribution in [0.4, 0.5) is 10.8 Å². The Morgan fingerprint density at radius 1 is 1.28 bits per heavy atom. The molecule has 0 spiro atoms. The van der Waals surface area contributed by atoms with Gasteiger partial charge in [0.25, 0.3) is 5.69 Å². The molecule has 0 aliphatic rings. The molecule has 1 N–H and O–H groups in total. The van der Waals surface area contributed by atoms with Crippen LogP contribution in [0.15, 0.2) is 30.0 Å². The normalized spacial score (nSPS) is 10.2. The lowest BCUT2D eigenvalue weighted by atomic mass is 10.3. The van der Waals surface area contributed by atoms with Crippen LogP contribution in [0.1, 0.15) is 13.8 Å². The Hall–Kier alpha value is -3.01. The summed E-state index contributed by atoms with van der Waals surface area (Å²) in [5, 5.41) is 13.9. The maximum absolute atomic E-state index is 11.8. The second-order valence-corrected chi connectivity index (χ2v) is 5.60. The summed E-state index contributed by atoms with van der Waals surface area (Å²) in [6.07, 6.45) is 1.15. The highest BCUT2D eigenvalue weighted by atomic mass is 32.1. The predicted molar refractivity (Wildman–Crippen MR) is 91.2 cm³/mol. The first-order chi connectivity index (χ1) is 12.0. The van der Waals surface area contributed by atoms with E-state index in [0.717, 1.165) is 10.9 Å². The summed E-state index contributed by atoms with van der Waals surface area (Å²) in [5.41, 5.74) is 0.0662. The molecule has 0 amide bonds. The van der Waals surface area contributed by atoms with E-state index in [2.05, 4.69) is 10.3 Å². The van der Waals surface area contributed by atoms with Crippen LogP contribution in [0.2, 0.25) is 0 Å². The molecule has 0 bridgehead atoms. The fraction of sp³-hybridized carbons (Fsp3) is 0.267. The number of aromatic nitrogens is 1. The van der Waals surface area contributed by atoms with Gasteiger partial charge in [0.2, 0.25) is 0 Å². The second kappa shape index (κ2) is 8.20. The molecular formula is C15H15N3O6S. The quantitative estimate of drug-likeness (QED) is 0.198. The topological polar surface area (TPSA) is 121 Å². The van der Waals surface area contributed by atoms with Gasteiger partial charge in [0.1, 0.15) is 0 Å². The van der Waals surface area contributed by atoms with E-state index in [1.807, 2.05) is 0 Å². The highest BCUT2D eigenvalue weighted by molar-refractivity contribution is 7.22. The van der Waals surface area contributed by atoms with E-state index >= 15 is 0 Å². The van der Waals surface area contributed by atoms with Gasteiger partial charge in [0.05, 0.1) is 28.4 Å². The van der Waals surface area contributed by atoms with Crippen LogP contribution < -0.4 is 5.32 Å². The number of benzene rings is 1. The van der Waals surface area contributed by atoms with Gasteiger partial charge in [-0.05, 0) is 19.9 Å². The zero-order chi connectivity index (χ0) is 18.4. The minimum absolute atomic E-state index is 0.0707. The molecule has 0 unspecified atom stereocenters. The highest BCUT2D eigenvalue weighted by Crippen LogP contribution is 2.28. The van der Waals surface area contributed by atoms with Gasteiger partial charge in [-0.15, -0.1) is 0 Å². The van der Waals surface area contributed by atoms with Gasteiger partial charge in [-0.2, -0.15) is 0 Å². The lowest BCUT2D eigenvalue weighted by molar-refractivity contribution is -0.384. The monoisotopic (exact) mass is 365 g/mol. The average molecular weight is 365 g/mol. The van der Waals surface area contributed by atoms with Crippen molar-refractivity contribution in [2.45, 2.75) is 13.8 Å². The Kier molecular flexibility index (Phi) is 6.01. The van der Waals surface area contributed by atoms with E-state index in [0.29, 0.717) is 10.6 Å². The summed E-state index contributed by atoms with van der Waals surface area (Å²) < 4.78 is 10.4. The molecule has 2 rings (SSSR count). The molecule has 1 aromatic heterocycles. The Bertz CT molecular complexity index is 825. The summed E-state index contributed by atoms with van der Waals surface area (Å²) in [5.74, 6) is -1.63. The third-order valence-corrected chi connectivity index (χ3v) is 3.88. The number of fused-ring (bicyclic) bond motifs is 1. The Morgan fingerprint density at radius 2 is 1.92 bits per heavy atom. The van der Waals surface area contributed by atoms with Crippen molar-refractivity contribution >= 4 is 44.3 Å². The fourth-order valence-electron chi connectivity index (χ4n) is 1.84. The van der Waals surface area contributed by atoms with Crippen molar-refractivity contribution in [3.8, 4) is 0 Å². The van der Waals surface area contributed by atoms with Crippen LogP contribution in [0.3, 0.4) is 0 Å². The molecule has 132 valence electrons. The van der Waals surface area contributed by atoms with Crippen molar-refractivity contribution in [3.05, 3.63) is 40.1 Å². The predicted octanol–water partition coefficient (Wildman–Crippen LogP) is 2.63. The van der Waals surface area contributed by atoms with Crippen LogP contribution in [0.25, 0.3) is 10.2 Å². The van der Waals surface area contributed by atoms with Gasteiger partial charge in [-0.25, -0.2) is 14.6 Å². The molecule has 2 aromatic rings. The maximum Gasteiger partial charge on any atom is 0.347 e. The standard InChI is InChI=1S/C15H15N3O6S/c1-3-23-13(19)10(14(20)24-4-2)8-16-15-17-11-7-9(18(21)22)5-6-12(11)25-15/h5-8H,3-4H2,1-2H3,(H,16,17). The third kappa shape index (κ3) is 4.51. The number of nitrogens with zero attached hydrogens (tertiary/aromatic N) is 2. The van der Waals surface area contributed by atoms with Crippen LogP contribution >= 0.6 is 11.3 Å². The number of hydrogen-bond acceptors (Lipinski definition) is 9. The van der Waals surface area contributed by atoms with Crippen LogP contribution in [-0.4, -0.2) is 35.1 Å². The van der Waals surface area contributed by atoms with Crippen molar-refractivity contribution in [1.29, 1.82) is 0 Å². The summed E-state index contributed by atoms with van der Waals surface area (Å²) in [6, 6.07) is 4.30. The van der Waals surface area contributed by atoms with Crippen molar-refractivity contribution in [2.75, 3.05) is 18.5 Å². The SMILES string of the molecule is CCOC(=O)C(=CNc1nc2cc([N+](=O)[O-])ccc2s1)C(=O)OCC. The number of ether oxygens (including phenoxy) is 2. The molecular weight excluding hydrogens is 350 g/mol. The first kappa shape index (κ1) is 18.3. The first-order valence-corrected chi connectivity index (χ1v) is 8.13. The lowest BCUT2D eigenvalue weighted by Crippen LogP contribution is -2.19. The number of nitro groups is 1. The summed E-state index contributed by atoms with van der Waals surface area (Å²) in [4.78, 5) is 38.2. The summed E-state index contributed by atoms with van der Waals surface area (Å²) in [6.45, 7) is 3.46. The molecule has 0 atom stereocenters. The van der Waals surface area contributed by atoms with Crippen molar-refractivity contribution in [2.24, 2.45) is 0 Å². The number of carbonyl (C=O) groups excluding carboxylic acids is 2. The fourth-order valence-corrected chi connectivity index (χ4v) is 2.66. The molecule has 0 saturated heterocycles. The molecule has 9 nitrogen and oxygen atoms in total. The van der Waals surface area contributed by atoms with Gasteiger partial charge in [0, 0.05) is 18.3 Å². The Morgan fingerprint density at radius 3 is 2.48 bits per heavy atom. The largest absolute Gasteiger partial charge is 0.462 e. The number of rotatable bonds is 7. The van der Waals surface area contributed by atoms with E-state index in [4.69, 9.17) is 9.47 Å². The lowest BCUT2D eigenvalue weighted by Gasteiger charge is -2.06. The number of non-ortho nitro benzene ring substituents is 1. The molecule has 0 aliphatic heterocycles. The molecule has 0 radical (unpaired) electrons. The van der Waals surface area contributed by atoms with Crippen molar-refractivity contribution in [1.82, 2.24) is 4.98 Å². The Labute approximate surface area is 146 Å². The number of esters is 2. The number of nitro benzene ring substituents is 1. The van der Waals surface area contributed by atoms with E-state index in [1.54, 1.807) is 19.9 Å². The van der Waals surface area contributed by atoms with Crippen molar-refractivity contribution in [3.63, 3.8) is 0 Å². The molecule has 10 heteroatoms. The van der Waals surface area contributed by atoms with E-state index in [1.165, 1.54) is 23.5 Å². The first-order valence-electron chi connectivity index (χ1n) is 7.32. The minimum Gasteiger partial charge on any atom is -0.462 e. The van der Waals surface area contributed by atoms with Gasteiger partial charge in [-0.1, -0.05) is 11.3 Å². The van der Waals surface area contributed by atoms with Gasteiger partial charge in [0.15, 0.2) is 10.7 Å². The van der Waals surface area contributed by atoms with E-state index in [-0.39, 0.29) is 24.5 Å². The van der Waals surface area contributed by atoms with Gasteiger partial charge < -0.3 is 14.8 Å². The molecule has 1 aromatic carbocycles. The number of anilines is 1. The van der Waals surface area contributed by atoms with E-state index in [9.17, 15) is 19.7 Å². The van der Waals surface area contributed by atoms with Gasteiger partial charge >= 0.3 is 11.9 Å². The summed E-state index contributed by atoms with van der Waals surface area (Å²) in [7, 11) is 0. The van der Waals surface area contributed by atoms with Crippen LogP contribution in [0.5, 0.6) is 0 Å². The smallest absolute Gasteiger partial charge is 0.347 e. The molecule has 0 aliphatic carbocycles. The molecule has 0 saturated carbocycles. The zero-order valence-corrected chi connectivity index (χ0v) is 14.3. The summed E-state index contributed by atoms with van der Waals surface area (Å²) >= 11 is 1.22. The van der Waals surface area contributed by atoms with Gasteiger partial charge in [-0.3, -0.25) is 10.1 Å². The Balaban J connectivity index is 2.26. The highest BCUT2D eigenvalue weighted by Gasteiger charge is 2.21. The molecule has 1 heterocycles. The van der Waals surface area contributed by atoms with Crippen molar-refractivity contribution < 1.29 is 24.0 Å². The number of hydrogen-bond donors (Lipinski definition) is 1. The number of carbonyl (C=O) groups is 2. The average Bonchev–Trinajstić information content (AvgIpc) is 2.97. The van der Waals surface area contributed by atoms with Crippen LogP contribution in [0, 0.1) is 10.1 Å². The zero-order valence-electron chi connectivity index (χ0n) is 13.5.